The van der Waals surface area contributed by atoms with Crippen LogP contribution in [-0.4, -0.2) is 71.4 Å². The van der Waals surface area contributed by atoms with Gasteiger partial charge in [-0.3, -0.25) is 14.4 Å². The average molecular weight is 656 g/mol. The zero-order chi connectivity index (χ0) is 31.0. The molecule has 8 nitrogen and oxygen atoms in total. The lowest BCUT2D eigenvalue weighted by Crippen LogP contribution is -2.58. The van der Waals surface area contributed by atoms with E-state index in [4.69, 9.17) is 16.3 Å². The summed E-state index contributed by atoms with van der Waals surface area (Å²) in [5, 5.41) is 6.78. The number of hydrogen-bond acceptors (Lipinski definition) is 5. The molecular weight excluding hydrogens is 611 g/mol. The zero-order valence-corrected chi connectivity index (χ0v) is 27.7. The maximum atomic E-state index is 14.3. The maximum absolute atomic E-state index is 14.3. The number of benzene rings is 2. The molecule has 2 bridgehead atoms. The van der Waals surface area contributed by atoms with Crippen molar-refractivity contribution in [3.05, 3.63) is 77.3 Å². The normalized spacial score (nSPS) is 31.5. The number of nitrogens with one attached hydrogen (secondary N) is 2. The molecule has 242 valence electrons. The van der Waals surface area contributed by atoms with Gasteiger partial charge < -0.3 is 25.2 Å². The molecule has 3 amide bonds. The maximum Gasteiger partial charge on any atom is 0.246 e. The number of ether oxygens (including phenoxy) is 1. The van der Waals surface area contributed by atoms with Crippen molar-refractivity contribution in [2.24, 2.45) is 23.7 Å². The van der Waals surface area contributed by atoms with Crippen LogP contribution in [0, 0.1) is 23.7 Å². The van der Waals surface area contributed by atoms with Crippen molar-refractivity contribution in [3.8, 4) is 0 Å². The number of anilines is 1. The molecule has 45 heavy (non-hydrogen) atoms. The molecule has 6 rings (SSSR count). The van der Waals surface area contributed by atoms with Crippen LogP contribution in [0.25, 0.3) is 0 Å². The fourth-order valence-electron chi connectivity index (χ4n) is 7.83. The minimum Gasteiger partial charge on any atom is -0.359 e. The van der Waals surface area contributed by atoms with Gasteiger partial charge in [0.2, 0.25) is 17.7 Å². The molecule has 2 aromatic carbocycles. The summed E-state index contributed by atoms with van der Waals surface area (Å²) >= 11 is 6.15. The molecule has 3 aliphatic heterocycles. The Morgan fingerprint density at radius 2 is 1.87 bits per heavy atom. The van der Waals surface area contributed by atoms with Crippen LogP contribution in [0.1, 0.15) is 45.1 Å². The first-order valence-electron chi connectivity index (χ1n) is 15.9. The Kier molecular flexibility index (Phi) is 10.3. The van der Waals surface area contributed by atoms with Crippen LogP contribution < -0.4 is 10.6 Å². The van der Waals surface area contributed by atoms with E-state index < -0.39 is 29.6 Å². The highest BCUT2D eigenvalue weighted by Gasteiger charge is 2.72. The van der Waals surface area contributed by atoms with Gasteiger partial charge in [0.25, 0.3) is 0 Å². The summed E-state index contributed by atoms with van der Waals surface area (Å²) in [6.45, 7) is 6.38. The summed E-state index contributed by atoms with van der Waals surface area (Å²) in [5.74, 6) is -1.37. The largest absolute Gasteiger partial charge is 0.359 e. The quantitative estimate of drug-likeness (QED) is 0.339. The summed E-state index contributed by atoms with van der Waals surface area (Å²) in [7, 11) is 2.06. The second-order valence-corrected chi connectivity index (χ2v) is 13.6. The third kappa shape index (κ3) is 6.53. The van der Waals surface area contributed by atoms with Crippen molar-refractivity contribution in [2.75, 3.05) is 25.5 Å². The predicted molar refractivity (Wildman–Crippen MR) is 178 cm³/mol. The average Bonchev–Trinajstić information content (AvgIpc) is 3.63. The van der Waals surface area contributed by atoms with Crippen LogP contribution in [-0.2, 0) is 25.7 Å². The smallest absolute Gasteiger partial charge is 0.246 e. The Morgan fingerprint density at radius 3 is 2.62 bits per heavy atom. The highest BCUT2D eigenvalue weighted by Crippen LogP contribution is 2.55. The molecule has 2 N–H and O–H groups in total. The molecule has 2 saturated heterocycles. The second-order valence-electron chi connectivity index (χ2n) is 13.2. The molecule has 3 heterocycles. The Morgan fingerprint density at radius 1 is 1.09 bits per heavy atom. The lowest BCUT2D eigenvalue weighted by molar-refractivity contribution is -0.141. The molecule has 0 aromatic heterocycles. The number of hydrogen-bond donors (Lipinski definition) is 2. The number of nitrogens with zero attached hydrogens (tertiary/aromatic N) is 2. The summed E-state index contributed by atoms with van der Waals surface area (Å²) in [6.07, 6.45) is 6.98. The Labute approximate surface area is 277 Å². The van der Waals surface area contributed by atoms with Gasteiger partial charge in [0.1, 0.15) is 11.6 Å². The summed E-state index contributed by atoms with van der Waals surface area (Å²) in [6, 6.07) is 16.4. The fraction of sp³-hybridized carbons (Fsp3) is 0.514. The van der Waals surface area contributed by atoms with Crippen molar-refractivity contribution in [1.82, 2.24) is 15.1 Å². The monoisotopic (exact) mass is 654 g/mol. The highest BCUT2D eigenvalue weighted by atomic mass is 35.5. The minimum absolute atomic E-state index is 0. The highest BCUT2D eigenvalue weighted by molar-refractivity contribution is 6.30. The number of carbonyl (C=O) groups is 3. The topological polar surface area (TPSA) is 91.0 Å². The third-order valence-electron chi connectivity index (χ3n) is 10.3. The molecule has 10 heteroatoms. The first-order valence-corrected chi connectivity index (χ1v) is 16.3. The van der Waals surface area contributed by atoms with E-state index in [0.29, 0.717) is 35.5 Å². The molecule has 8 atom stereocenters. The van der Waals surface area contributed by atoms with E-state index >= 15 is 0 Å². The Bertz CT molecular complexity index is 1420. The van der Waals surface area contributed by atoms with Crippen molar-refractivity contribution >= 4 is 47.4 Å². The van der Waals surface area contributed by atoms with Gasteiger partial charge in [0, 0.05) is 29.8 Å². The van der Waals surface area contributed by atoms with Gasteiger partial charge >= 0.3 is 0 Å². The van der Waals surface area contributed by atoms with Crippen molar-refractivity contribution in [1.29, 1.82) is 0 Å². The third-order valence-corrected chi connectivity index (χ3v) is 10.5. The Balaban J connectivity index is 0.00000400. The molecule has 4 aliphatic rings. The fourth-order valence-corrected chi connectivity index (χ4v) is 8.02. The second kappa shape index (κ2) is 13.8. The molecule has 1 aliphatic carbocycles. The van der Waals surface area contributed by atoms with Gasteiger partial charge in [0.15, 0.2) is 0 Å². The van der Waals surface area contributed by atoms with E-state index in [0.717, 1.165) is 32.4 Å². The first-order chi connectivity index (χ1) is 21.2. The molecule has 2 aromatic rings. The van der Waals surface area contributed by atoms with E-state index in [1.807, 2.05) is 30.4 Å². The predicted octanol–water partition coefficient (Wildman–Crippen LogP) is 5.31. The lowest BCUT2D eigenvalue weighted by Gasteiger charge is -2.38. The van der Waals surface area contributed by atoms with E-state index in [9.17, 15) is 14.4 Å². The van der Waals surface area contributed by atoms with Crippen LogP contribution in [0.5, 0.6) is 0 Å². The van der Waals surface area contributed by atoms with Gasteiger partial charge in [-0.1, -0.05) is 86.8 Å². The summed E-state index contributed by atoms with van der Waals surface area (Å²) < 4.78 is 6.53. The number of carbonyl (C=O) groups excluding carboxylic acids is 3. The number of halogens is 2. The van der Waals surface area contributed by atoms with Crippen LogP contribution in [0.3, 0.4) is 0 Å². The molecule has 1 spiro atoms. The van der Waals surface area contributed by atoms with E-state index in [2.05, 4.69) is 48.6 Å². The molecular formula is C35H44Cl2N4O4. The first kappa shape index (κ1) is 33.5. The zero-order valence-electron chi connectivity index (χ0n) is 26.2. The van der Waals surface area contributed by atoms with E-state index in [-0.39, 0.29) is 36.2 Å². The van der Waals surface area contributed by atoms with Crippen LogP contribution in [0.4, 0.5) is 5.69 Å². The Hall–Kier alpha value is -2.91. The van der Waals surface area contributed by atoms with Crippen molar-refractivity contribution in [3.63, 3.8) is 0 Å². The van der Waals surface area contributed by atoms with Crippen molar-refractivity contribution < 1.29 is 19.1 Å². The lowest BCUT2D eigenvalue weighted by atomic mass is 9.73. The molecule has 6 unspecified atom stereocenters. The van der Waals surface area contributed by atoms with Crippen LogP contribution in [0.2, 0.25) is 5.02 Å². The van der Waals surface area contributed by atoms with Gasteiger partial charge in [0.05, 0.1) is 17.9 Å². The number of likely N-dealkylation sites (tertiary alicyclic amines) is 1. The van der Waals surface area contributed by atoms with Crippen molar-refractivity contribution in [2.45, 2.75) is 69.9 Å². The van der Waals surface area contributed by atoms with E-state index in [1.165, 1.54) is 5.56 Å². The minimum atomic E-state index is -1.18. The summed E-state index contributed by atoms with van der Waals surface area (Å²) in [5.41, 5.74) is 0.598. The van der Waals surface area contributed by atoms with Crippen LogP contribution in [0.15, 0.2) is 66.7 Å². The van der Waals surface area contributed by atoms with Gasteiger partial charge in [-0.05, 0) is 62.0 Å². The van der Waals surface area contributed by atoms with Gasteiger partial charge in [-0.25, -0.2) is 0 Å². The summed E-state index contributed by atoms with van der Waals surface area (Å²) in [4.78, 5) is 46.2. The number of rotatable bonds is 10. The van der Waals surface area contributed by atoms with Gasteiger partial charge in [-0.2, -0.15) is 0 Å². The van der Waals surface area contributed by atoms with E-state index in [1.54, 1.807) is 29.2 Å². The van der Waals surface area contributed by atoms with Gasteiger partial charge in [-0.15, -0.1) is 12.4 Å². The SMILES string of the molecule is CC1CCCC(NC(=O)C2N(CCCN(C)Cc3ccccc3)C(=O)[C@@H]3C(C(=O)Nc4cccc(Cl)c4)[C@@H]4C=CC23O4)C1C.Cl. The number of amides is 3. The molecule has 0 radical (unpaired) electrons. The van der Waals surface area contributed by atoms with Crippen LogP contribution >= 0.6 is 24.0 Å². The number of fused-ring (bicyclic) bond motifs is 1. The molecule has 3 fully saturated rings. The molecule has 1 saturated carbocycles. The standard InChI is InChI=1S/C35H43ClN4O4.ClH/c1-22-10-7-15-27(23(22)2)38-33(42)31-35-17-16-28(44-35)29(32(41)37-26-14-8-13-25(36)20-26)30(35)34(43)40(31)19-9-18-39(3)21-24-11-5-4-6-12-24;/h4-6,8,11-14,16-17,20,22-23,27-31H,7,9-10,15,18-19,21H2,1-3H3,(H,37,41)(H,38,42);1H/t22?,23?,27?,28-,29?,30-,31?,35?;/m0./s1.